The molecule has 12 nitrogen and oxygen atoms in total. The quantitative estimate of drug-likeness (QED) is 0.142. The topological polar surface area (TPSA) is 173 Å². The van der Waals surface area contributed by atoms with Crippen LogP contribution in [-0.4, -0.2) is 69.4 Å². The molecule has 2 aliphatic heterocycles. The molecule has 0 radical (unpaired) electrons. The van der Waals surface area contributed by atoms with Crippen LogP contribution in [0.25, 0.3) is 22.3 Å². The number of halogens is 4. The minimum atomic E-state index is -1.03. The van der Waals surface area contributed by atoms with Crippen LogP contribution in [-0.2, 0) is 15.8 Å². The van der Waals surface area contributed by atoms with Crippen molar-refractivity contribution in [3.63, 3.8) is 0 Å². The highest BCUT2D eigenvalue weighted by Gasteiger charge is 2.35. The molecule has 0 bridgehead atoms. The van der Waals surface area contributed by atoms with Gasteiger partial charge < -0.3 is 21.1 Å². The first-order chi connectivity index (χ1) is 27.8. The number of nitrogens with zero attached hydrogens (tertiary/aromatic N) is 4. The number of alkyl carbamates (subject to hydrolysis) is 1. The Morgan fingerprint density at radius 1 is 0.712 bits per heavy atom. The van der Waals surface area contributed by atoms with Crippen LogP contribution < -0.4 is 21.7 Å². The van der Waals surface area contributed by atoms with Crippen LogP contribution in [0.15, 0.2) is 70.9 Å². The minimum absolute atomic E-state index is 0.138. The first-order valence-electron chi connectivity index (χ1n) is 18.3. The van der Waals surface area contributed by atoms with Gasteiger partial charge in [-0.1, -0.05) is 35.7 Å². The van der Waals surface area contributed by atoms with Gasteiger partial charge in [0, 0.05) is 83.5 Å². The van der Waals surface area contributed by atoms with Gasteiger partial charge in [0.2, 0.25) is 0 Å². The third-order valence-electron chi connectivity index (χ3n) is 9.32. The molecule has 0 aliphatic carbocycles. The minimum Gasteiger partial charge on any atom is -0.444 e. The molecule has 0 spiro atoms. The molecule has 3 amide bonds. The molecule has 0 saturated heterocycles. The Balaban J connectivity index is 0.000000230. The van der Waals surface area contributed by atoms with Crippen molar-refractivity contribution < 1.29 is 36.7 Å². The molecule has 6 rings (SSSR count). The van der Waals surface area contributed by atoms with E-state index in [4.69, 9.17) is 10.5 Å². The molecule has 2 atom stereocenters. The van der Waals surface area contributed by atoms with Gasteiger partial charge in [-0.15, -0.1) is 0 Å². The smallest absolute Gasteiger partial charge is 0.413 e. The molecule has 0 fully saturated rings. The Labute approximate surface area is 347 Å². The number of carbonyl (C=O) groups excluding carboxylic acids is 3. The second kappa shape index (κ2) is 18.2. The predicted octanol–water partition coefficient (Wildman–Crippen LogP) is 7.67. The van der Waals surface area contributed by atoms with Crippen LogP contribution in [0.5, 0.6) is 0 Å². The Kier molecular flexibility index (Phi) is 13.8. The van der Waals surface area contributed by atoms with Crippen molar-refractivity contribution in [1.82, 2.24) is 25.9 Å². The molecule has 59 heavy (non-hydrogen) atoms. The summed E-state index contributed by atoms with van der Waals surface area (Å²) >= 11 is 2.74. The van der Waals surface area contributed by atoms with Crippen molar-refractivity contribution >= 4 is 51.8 Å². The lowest BCUT2D eigenvalue weighted by Gasteiger charge is -2.31. The molecule has 2 unspecified atom stereocenters. The number of carbonyl (C=O) groups is 3. The Hall–Kier alpha value is -5.49. The number of nitrogens with two attached hydrogens (primary N) is 1. The maximum absolute atomic E-state index is 14.9. The van der Waals surface area contributed by atoms with Gasteiger partial charge in [0.05, 0.1) is 11.1 Å². The zero-order valence-electron chi connectivity index (χ0n) is 33.4. The summed E-state index contributed by atoms with van der Waals surface area (Å²) in [5, 5.41) is 8.23. The molecule has 2 aliphatic rings. The maximum atomic E-state index is 14.9. The number of aliphatic imine (C=N–C) groups is 2. The van der Waals surface area contributed by atoms with Crippen LogP contribution in [0.1, 0.15) is 79.6 Å². The second-order valence-electron chi connectivity index (χ2n) is 14.9. The lowest BCUT2D eigenvalue weighted by atomic mass is 9.87. The molecule has 312 valence electrons. The average molecular weight is 853 g/mol. The number of hydrogen-bond acceptors (Lipinski definition) is 11. The molecule has 5 N–H and O–H groups in total. The monoisotopic (exact) mass is 852 g/mol. The SMILES string of the molecule is CNC(=O)c1ccc(-c2cc(C3(C)CCSC(N)=N3)c(F)cc2F)cn1.CNC(=O)c1ccc(-c2cc(C3(C)CCSC(NC(=O)OC(C)(C)C)=N3)c(F)cc2F)cn1. The van der Waals surface area contributed by atoms with E-state index in [-0.39, 0.29) is 45.5 Å². The molecule has 2 aromatic heterocycles. The van der Waals surface area contributed by atoms with E-state index in [1.165, 1.54) is 74.3 Å². The van der Waals surface area contributed by atoms with E-state index in [1.54, 1.807) is 46.8 Å². The summed E-state index contributed by atoms with van der Waals surface area (Å²) in [4.78, 5) is 52.5. The van der Waals surface area contributed by atoms with Crippen molar-refractivity contribution in [2.45, 2.75) is 64.1 Å². The van der Waals surface area contributed by atoms with Crippen molar-refractivity contribution in [3.8, 4) is 22.3 Å². The van der Waals surface area contributed by atoms with E-state index in [2.05, 4.69) is 35.9 Å². The first kappa shape index (κ1) is 44.6. The molecule has 4 aromatic rings. The number of hydrogen-bond donors (Lipinski definition) is 4. The summed E-state index contributed by atoms with van der Waals surface area (Å²) in [7, 11) is 2.98. The van der Waals surface area contributed by atoms with Gasteiger partial charge in [0.25, 0.3) is 11.8 Å². The van der Waals surface area contributed by atoms with Gasteiger partial charge in [-0.05, 0) is 71.7 Å². The predicted molar refractivity (Wildman–Crippen MR) is 223 cm³/mol. The van der Waals surface area contributed by atoms with Gasteiger partial charge in [-0.25, -0.2) is 22.4 Å². The van der Waals surface area contributed by atoms with Gasteiger partial charge >= 0.3 is 6.09 Å². The molecular formula is C41H44F4N8O4S2. The third kappa shape index (κ3) is 10.8. The first-order valence-corrected chi connectivity index (χ1v) is 20.3. The lowest BCUT2D eigenvalue weighted by Crippen LogP contribution is -2.38. The Morgan fingerprint density at radius 3 is 1.58 bits per heavy atom. The van der Waals surface area contributed by atoms with Crippen LogP contribution in [0.3, 0.4) is 0 Å². The van der Waals surface area contributed by atoms with Crippen LogP contribution in [0, 0.1) is 23.3 Å². The van der Waals surface area contributed by atoms with Gasteiger partial charge in [-0.3, -0.25) is 34.9 Å². The van der Waals surface area contributed by atoms with E-state index < -0.39 is 46.0 Å². The zero-order valence-corrected chi connectivity index (χ0v) is 35.1. The highest BCUT2D eigenvalue weighted by Crippen LogP contribution is 2.41. The van der Waals surface area contributed by atoms with Crippen molar-refractivity contribution in [2.24, 2.45) is 15.7 Å². The van der Waals surface area contributed by atoms with Gasteiger partial charge in [0.15, 0.2) is 10.3 Å². The highest BCUT2D eigenvalue weighted by molar-refractivity contribution is 8.14. The number of pyridine rings is 2. The van der Waals surface area contributed by atoms with E-state index in [0.717, 1.165) is 12.1 Å². The average Bonchev–Trinajstić information content (AvgIpc) is 3.17. The number of aromatic nitrogens is 2. The molecular weight excluding hydrogens is 809 g/mol. The molecule has 18 heteroatoms. The lowest BCUT2D eigenvalue weighted by molar-refractivity contribution is 0.0563. The third-order valence-corrected chi connectivity index (χ3v) is 11.0. The summed E-state index contributed by atoms with van der Waals surface area (Å²) in [5.41, 5.74) is 5.30. The molecule has 4 heterocycles. The Bertz CT molecular complexity index is 2310. The molecule has 0 saturated carbocycles. The van der Waals surface area contributed by atoms with Crippen molar-refractivity contribution in [3.05, 3.63) is 107 Å². The zero-order chi connectivity index (χ0) is 43.3. The number of amidine groups is 2. The van der Waals surface area contributed by atoms with Crippen molar-refractivity contribution in [2.75, 3.05) is 25.6 Å². The van der Waals surface area contributed by atoms with Gasteiger partial charge in [0.1, 0.15) is 40.3 Å². The van der Waals surface area contributed by atoms with Crippen molar-refractivity contribution in [1.29, 1.82) is 0 Å². The van der Waals surface area contributed by atoms with E-state index >= 15 is 0 Å². The van der Waals surface area contributed by atoms with E-state index in [0.29, 0.717) is 45.8 Å². The normalized spacial score (nSPS) is 19.0. The van der Waals surface area contributed by atoms with E-state index in [1.807, 2.05) is 0 Å². The summed E-state index contributed by atoms with van der Waals surface area (Å²) in [6, 6.07) is 10.6. The highest BCUT2D eigenvalue weighted by atomic mass is 32.2. The second-order valence-corrected chi connectivity index (χ2v) is 17.1. The summed E-state index contributed by atoms with van der Waals surface area (Å²) in [6.45, 7) is 8.76. The van der Waals surface area contributed by atoms with Crippen LogP contribution >= 0.6 is 23.5 Å². The largest absolute Gasteiger partial charge is 0.444 e. The fourth-order valence-corrected chi connectivity index (χ4v) is 8.28. The van der Waals surface area contributed by atoms with Crippen LogP contribution in [0.2, 0.25) is 0 Å². The fraction of sp³-hybridized carbons (Fsp3) is 0.341. The number of amides is 3. The molecule has 2 aromatic carbocycles. The van der Waals surface area contributed by atoms with Crippen LogP contribution in [0.4, 0.5) is 22.4 Å². The van der Waals surface area contributed by atoms with Gasteiger partial charge in [-0.2, -0.15) is 0 Å². The standard InChI is InChI=1S/C23H26F2N4O3S.C18H18F2N4OS/c1-22(2,3)32-21(31)28-20-29-23(4,8-9-33-20)15-10-14(16(24)11-17(15)25)13-6-7-18(27-12-13)19(30)26-5;1-18(5-6-26-17(21)24-18)12-7-11(13(19)8-14(12)20)10-3-4-15(23-9-10)16(25)22-2/h6-7,10-12H,8-9H2,1-5H3,(H,26,30)(H,28,29,31);3-4,7-9H,5-6H2,1-2H3,(H2,21,24)(H,22,25). The number of nitrogens with one attached hydrogen (secondary N) is 3. The fourth-order valence-electron chi connectivity index (χ4n) is 6.19. The van der Waals surface area contributed by atoms with E-state index in [9.17, 15) is 31.9 Å². The number of ether oxygens (including phenoxy) is 1. The summed E-state index contributed by atoms with van der Waals surface area (Å²) < 4.78 is 63.7. The number of rotatable bonds is 6. The number of thioether (sulfide) groups is 2. The number of benzene rings is 2. The summed E-state index contributed by atoms with van der Waals surface area (Å²) in [6.07, 6.45) is 3.17. The summed E-state index contributed by atoms with van der Waals surface area (Å²) in [5.74, 6) is -2.28. The Morgan fingerprint density at radius 2 is 1.17 bits per heavy atom. The maximum Gasteiger partial charge on any atom is 0.413 e.